The molecule has 2 rings (SSSR count). The monoisotopic (exact) mass is 355 g/mol. The quantitative estimate of drug-likeness (QED) is 0.611. The molecule has 5 nitrogen and oxygen atoms in total. The lowest BCUT2D eigenvalue weighted by Gasteiger charge is -2.16. The Balaban J connectivity index is 1.84. The Labute approximate surface area is 154 Å². The number of ether oxygens (including phenoxy) is 2. The van der Waals surface area contributed by atoms with Crippen LogP contribution >= 0.6 is 0 Å². The van der Waals surface area contributed by atoms with Crippen molar-refractivity contribution in [3.05, 3.63) is 59.7 Å². The highest BCUT2D eigenvalue weighted by Crippen LogP contribution is 2.20. The Kier molecular flexibility index (Phi) is 7.36. The van der Waals surface area contributed by atoms with Crippen molar-refractivity contribution in [3.63, 3.8) is 0 Å². The molecule has 0 bridgehead atoms. The molecule has 0 saturated carbocycles. The average molecular weight is 355 g/mol. The minimum atomic E-state index is 0.0327. The highest BCUT2D eigenvalue weighted by Gasteiger charge is 2.14. The zero-order chi connectivity index (χ0) is 18.9. The van der Waals surface area contributed by atoms with Crippen LogP contribution in [0.15, 0.2) is 48.5 Å². The van der Waals surface area contributed by atoms with Crippen molar-refractivity contribution >= 4 is 11.6 Å². The zero-order valence-electron chi connectivity index (χ0n) is 15.5. The third-order valence-electron chi connectivity index (χ3n) is 4.26. The Morgan fingerprint density at radius 3 is 1.54 bits per heavy atom. The van der Waals surface area contributed by atoms with Crippen LogP contribution in [0.3, 0.4) is 0 Å². The van der Waals surface area contributed by atoms with Crippen LogP contribution in [0.25, 0.3) is 0 Å². The van der Waals surface area contributed by atoms with Gasteiger partial charge in [0.2, 0.25) is 0 Å². The fourth-order valence-electron chi connectivity index (χ4n) is 2.72. The summed E-state index contributed by atoms with van der Waals surface area (Å²) in [7, 11) is 5.02. The Morgan fingerprint density at radius 2 is 1.15 bits per heavy atom. The van der Waals surface area contributed by atoms with Gasteiger partial charge in [-0.1, -0.05) is 24.3 Å². The predicted molar refractivity (Wildman–Crippen MR) is 101 cm³/mol. The summed E-state index contributed by atoms with van der Waals surface area (Å²) < 4.78 is 10.5. The molecule has 0 saturated heterocycles. The molecule has 0 heterocycles. The number of Topliss-reactive ketones (excluding diaryl/α,β-unsaturated/α-hetero) is 2. The number of hydrogen-bond donors (Lipinski definition) is 0. The standard InChI is InChI=1S/C21H25NO4/c1-22(14-12-18(23)16-8-4-6-10-20(16)25-2)15-13-19(24)17-9-5-7-11-21(17)26-3/h4-11H,12-15H2,1-3H3. The fraction of sp³-hybridized carbons (Fsp3) is 0.333. The molecule has 0 aliphatic carbocycles. The van der Waals surface area contributed by atoms with Gasteiger partial charge in [-0.25, -0.2) is 0 Å². The maximum Gasteiger partial charge on any atom is 0.167 e. The number of ketones is 2. The van der Waals surface area contributed by atoms with Crippen molar-refractivity contribution in [1.29, 1.82) is 0 Å². The van der Waals surface area contributed by atoms with Gasteiger partial charge in [-0.2, -0.15) is 0 Å². The number of methoxy groups -OCH3 is 2. The van der Waals surface area contributed by atoms with Crippen LogP contribution in [0.5, 0.6) is 11.5 Å². The summed E-state index contributed by atoms with van der Waals surface area (Å²) in [6.45, 7) is 1.16. The summed E-state index contributed by atoms with van der Waals surface area (Å²) in [5, 5.41) is 0. The van der Waals surface area contributed by atoms with Gasteiger partial charge in [-0.05, 0) is 31.3 Å². The van der Waals surface area contributed by atoms with Gasteiger partial charge in [-0.3, -0.25) is 9.59 Å². The van der Waals surface area contributed by atoms with Crippen molar-refractivity contribution in [2.24, 2.45) is 0 Å². The van der Waals surface area contributed by atoms with E-state index in [4.69, 9.17) is 9.47 Å². The van der Waals surface area contributed by atoms with Gasteiger partial charge in [0.1, 0.15) is 11.5 Å². The first-order chi connectivity index (χ1) is 12.6. The fourth-order valence-corrected chi connectivity index (χ4v) is 2.72. The molecule has 0 spiro atoms. The van der Waals surface area contributed by atoms with Crippen LogP contribution in [-0.4, -0.2) is 50.8 Å². The molecule has 0 aliphatic heterocycles. The van der Waals surface area contributed by atoms with Crippen LogP contribution < -0.4 is 9.47 Å². The topological polar surface area (TPSA) is 55.8 Å². The van der Waals surface area contributed by atoms with Crippen LogP contribution in [-0.2, 0) is 0 Å². The molecular formula is C21H25NO4. The third kappa shape index (κ3) is 5.17. The second-order valence-corrected chi connectivity index (χ2v) is 6.05. The van der Waals surface area contributed by atoms with Gasteiger partial charge in [0.25, 0.3) is 0 Å². The van der Waals surface area contributed by atoms with Crippen molar-refractivity contribution < 1.29 is 19.1 Å². The predicted octanol–water partition coefficient (Wildman–Crippen LogP) is 3.48. The van der Waals surface area contributed by atoms with E-state index in [1.54, 1.807) is 38.5 Å². The molecule has 2 aromatic carbocycles. The minimum absolute atomic E-state index is 0.0327. The number of benzene rings is 2. The molecule has 0 atom stereocenters. The zero-order valence-corrected chi connectivity index (χ0v) is 15.5. The number of para-hydroxylation sites is 2. The molecule has 0 amide bonds. The van der Waals surface area contributed by atoms with E-state index in [0.717, 1.165) is 0 Å². The number of carbonyl (C=O) groups is 2. The second-order valence-electron chi connectivity index (χ2n) is 6.05. The first kappa shape index (κ1) is 19.7. The molecule has 138 valence electrons. The summed E-state index contributed by atoms with van der Waals surface area (Å²) in [4.78, 5) is 26.8. The molecule has 0 N–H and O–H groups in total. The SMILES string of the molecule is COc1ccccc1C(=O)CCN(C)CCC(=O)c1ccccc1OC. The maximum atomic E-state index is 12.4. The van der Waals surface area contributed by atoms with E-state index in [-0.39, 0.29) is 11.6 Å². The lowest BCUT2D eigenvalue weighted by Crippen LogP contribution is -2.25. The average Bonchev–Trinajstić information content (AvgIpc) is 2.69. The van der Waals surface area contributed by atoms with Crippen molar-refractivity contribution in [1.82, 2.24) is 4.90 Å². The van der Waals surface area contributed by atoms with Crippen molar-refractivity contribution in [2.75, 3.05) is 34.4 Å². The summed E-state index contributed by atoms with van der Waals surface area (Å²) in [6, 6.07) is 14.4. The Bertz CT molecular complexity index is 694. The van der Waals surface area contributed by atoms with Gasteiger partial charge in [-0.15, -0.1) is 0 Å². The van der Waals surface area contributed by atoms with Crippen molar-refractivity contribution in [2.45, 2.75) is 12.8 Å². The van der Waals surface area contributed by atoms with Gasteiger partial charge in [0, 0.05) is 25.9 Å². The number of nitrogens with zero attached hydrogens (tertiary/aromatic N) is 1. The molecular weight excluding hydrogens is 330 g/mol. The summed E-state index contributed by atoms with van der Waals surface area (Å²) in [5.41, 5.74) is 1.18. The van der Waals surface area contributed by atoms with E-state index in [9.17, 15) is 9.59 Å². The van der Waals surface area contributed by atoms with Gasteiger partial charge >= 0.3 is 0 Å². The van der Waals surface area contributed by atoms with E-state index in [1.165, 1.54) is 0 Å². The second kappa shape index (κ2) is 9.73. The maximum absolute atomic E-state index is 12.4. The third-order valence-corrected chi connectivity index (χ3v) is 4.26. The van der Waals surface area contributed by atoms with Gasteiger partial charge in [0.15, 0.2) is 11.6 Å². The highest BCUT2D eigenvalue weighted by molar-refractivity contribution is 5.99. The number of hydrogen-bond acceptors (Lipinski definition) is 5. The van der Waals surface area contributed by atoms with Gasteiger partial charge in [0.05, 0.1) is 25.3 Å². The van der Waals surface area contributed by atoms with E-state index < -0.39 is 0 Å². The van der Waals surface area contributed by atoms with E-state index >= 15 is 0 Å². The molecule has 0 aromatic heterocycles. The molecule has 26 heavy (non-hydrogen) atoms. The van der Waals surface area contributed by atoms with E-state index in [0.29, 0.717) is 48.6 Å². The summed E-state index contributed by atoms with van der Waals surface area (Å²) in [6.07, 6.45) is 0.749. The molecule has 0 unspecified atom stereocenters. The molecule has 2 aromatic rings. The molecule has 0 aliphatic rings. The van der Waals surface area contributed by atoms with Crippen LogP contribution in [0.2, 0.25) is 0 Å². The number of rotatable bonds is 10. The van der Waals surface area contributed by atoms with E-state index in [1.807, 2.05) is 36.2 Å². The normalized spacial score (nSPS) is 10.6. The van der Waals surface area contributed by atoms with Crippen LogP contribution in [0.4, 0.5) is 0 Å². The number of carbonyl (C=O) groups excluding carboxylic acids is 2. The first-order valence-corrected chi connectivity index (χ1v) is 8.57. The van der Waals surface area contributed by atoms with Crippen LogP contribution in [0.1, 0.15) is 33.6 Å². The highest BCUT2D eigenvalue weighted by atomic mass is 16.5. The van der Waals surface area contributed by atoms with E-state index in [2.05, 4.69) is 0 Å². The molecule has 0 radical (unpaired) electrons. The Morgan fingerprint density at radius 1 is 0.769 bits per heavy atom. The minimum Gasteiger partial charge on any atom is -0.496 e. The smallest absolute Gasteiger partial charge is 0.167 e. The molecule has 5 heteroatoms. The largest absolute Gasteiger partial charge is 0.496 e. The summed E-state index contributed by atoms with van der Waals surface area (Å²) in [5.74, 6) is 1.24. The van der Waals surface area contributed by atoms with Gasteiger partial charge < -0.3 is 14.4 Å². The first-order valence-electron chi connectivity index (χ1n) is 8.57. The lowest BCUT2D eigenvalue weighted by atomic mass is 10.1. The summed E-state index contributed by atoms with van der Waals surface area (Å²) >= 11 is 0. The lowest BCUT2D eigenvalue weighted by molar-refractivity contribution is 0.0953. The van der Waals surface area contributed by atoms with Crippen LogP contribution in [0, 0.1) is 0 Å². The Hall–Kier alpha value is -2.66. The molecule has 0 fully saturated rings. The van der Waals surface area contributed by atoms with Crippen molar-refractivity contribution in [3.8, 4) is 11.5 Å².